The number of halogens is 1. The Morgan fingerprint density at radius 2 is 2.12 bits per heavy atom. The molecule has 1 aromatic carbocycles. The highest BCUT2D eigenvalue weighted by Crippen LogP contribution is 2.34. The third kappa shape index (κ3) is 1.80. The summed E-state index contributed by atoms with van der Waals surface area (Å²) in [6, 6.07) is 9.61. The molecule has 0 saturated carbocycles. The molecule has 0 saturated heterocycles. The number of H-pyrrole nitrogens is 1. The summed E-state index contributed by atoms with van der Waals surface area (Å²) < 4.78 is 0.956. The van der Waals surface area contributed by atoms with Crippen LogP contribution >= 0.6 is 15.9 Å². The first kappa shape index (κ1) is 10.4. The molecule has 3 rings (SSSR count). The average Bonchev–Trinajstić information content (AvgIpc) is 2.88. The first-order valence-electron chi connectivity index (χ1n) is 5.20. The second-order valence-corrected chi connectivity index (χ2v) is 4.74. The lowest BCUT2D eigenvalue weighted by Gasteiger charge is -1.98. The van der Waals surface area contributed by atoms with Crippen LogP contribution in [0, 0.1) is 0 Å². The number of aromatic amines is 1. The fourth-order valence-electron chi connectivity index (χ4n) is 1.90. The molecular formula is C13H9BrN2O. The van der Waals surface area contributed by atoms with Crippen molar-refractivity contribution in [2.45, 2.75) is 0 Å². The lowest BCUT2D eigenvalue weighted by Crippen LogP contribution is -2.03. The number of hydrogen-bond acceptors (Lipinski definition) is 1. The molecule has 1 aromatic heterocycles. The van der Waals surface area contributed by atoms with Crippen molar-refractivity contribution in [2.75, 3.05) is 5.32 Å². The Labute approximate surface area is 107 Å². The van der Waals surface area contributed by atoms with Gasteiger partial charge in [0.05, 0.1) is 11.3 Å². The second-order valence-electron chi connectivity index (χ2n) is 3.83. The van der Waals surface area contributed by atoms with Crippen molar-refractivity contribution in [1.29, 1.82) is 0 Å². The molecular weight excluding hydrogens is 280 g/mol. The van der Waals surface area contributed by atoms with Crippen molar-refractivity contribution in [3.8, 4) is 0 Å². The average molecular weight is 289 g/mol. The summed E-state index contributed by atoms with van der Waals surface area (Å²) in [5.41, 5.74) is 3.40. The summed E-state index contributed by atoms with van der Waals surface area (Å²) in [5, 5.41) is 2.85. The Hall–Kier alpha value is -1.81. The van der Waals surface area contributed by atoms with Gasteiger partial charge in [0.15, 0.2) is 0 Å². The van der Waals surface area contributed by atoms with Gasteiger partial charge in [-0.25, -0.2) is 0 Å². The number of carbonyl (C=O) groups is 1. The van der Waals surface area contributed by atoms with E-state index in [0.717, 1.165) is 21.4 Å². The maximum atomic E-state index is 11.9. The lowest BCUT2D eigenvalue weighted by atomic mass is 10.1. The SMILES string of the molecule is O=C1Nc2cc(Br)ccc2C1=Cc1ccc[nH]1. The first-order valence-corrected chi connectivity index (χ1v) is 6.00. The van der Waals surface area contributed by atoms with E-state index in [2.05, 4.69) is 26.2 Å². The van der Waals surface area contributed by atoms with E-state index in [4.69, 9.17) is 0 Å². The number of benzene rings is 1. The first-order chi connectivity index (χ1) is 8.24. The van der Waals surface area contributed by atoms with Gasteiger partial charge in [-0.3, -0.25) is 4.79 Å². The number of nitrogens with one attached hydrogen (secondary N) is 2. The monoisotopic (exact) mass is 288 g/mol. The van der Waals surface area contributed by atoms with Crippen molar-refractivity contribution in [1.82, 2.24) is 4.98 Å². The van der Waals surface area contributed by atoms with E-state index in [9.17, 15) is 4.79 Å². The summed E-state index contributed by atoms with van der Waals surface area (Å²) >= 11 is 3.39. The van der Waals surface area contributed by atoms with Crippen molar-refractivity contribution >= 4 is 39.2 Å². The van der Waals surface area contributed by atoms with Crippen LogP contribution in [-0.4, -0.2) is 10.9 Å². The Bertz CT molecular complexity index is 614. The van der Waals surface area contributed by atoms with E-state index < -0.39 is 0 Å². The number of rotatable bonds is 1. The van der Waals surface area contributed by atoms with Crippen molar-refractivity contribution < 1.29 is 4.79 Å². The molecule has 17 heavy (non-hydrogen) atoms. The van der Waals surface area contributed by atoms with E-state index in [1.165, 1.54) is 0 Å². The van der Waals surface area contributed by atoms with Crippen LogP contribution in [0.4, 0.5) is 5.69 Å². The molecule has 2 heterocycles. The Kier molecular flexibility index (Phi) is 2.37. The van der Waals surface area contributed by atoms with Gasteiger partial charge in [0.1, 0.15) is 0 Å². The molecule has 1 amide bonds. The zero-order chi connectivity index (χ0) is 11.8. The van der Waals surface area contributed by atoms with Crippen molar-refractivity contribution in [2.24, 2.45) is 0 Å². The van der Waals surface area contributed by atoms with Gasteiger partial charge in [-0.15, -0.1) is 0 Å². The van der Waals surface area contributed by atoms with Gasteiger partial charge in [0, 0.05) is 21.9 Å². The van der Waals surface area contributed by atoms with E-state index in [0.29, 0.717) is 5.57 Å². The van der Waals surface area contributed by atoms with Crippen LogP contribution in [0.5, 0.6) is 0 Å². The summed E-state index contributed by atoms with van der Waals surface area (Å²) in [6.07, 6.45) is 3.69. The van der Waals surface area contributed by atoms with Gasteiger partial charge in [0.25, 0.3) is 5.91 Å². The summed E-state index contributed by atoms with van der Waals surface area (Å²) in [6.45, 7) is 0. The quantitative estimate of drug-likeness (QED) is 0.777. The van der Waals surface area contributed by atoms with E-state index in [1.54, 1.807) is 0 Å². The number of aromatic nitrogens is 1. The minimum absolute atomic E-state index is 0.0623. The molecule has 0 spiro atoms. The van der Waals surface area contributed by atoms with Gasteiger partial charge < -0.3 is 10.3 Å². The Balaban J connectivity index is 2.11. The Morgan fingerprint density at radius 1 is 1.24 bits per heavy atom. The minimum Gasteiger partial charge on any atom is -0.362 e. The van der Waals surface area contributed by atoms with Crippen LogP contribution in [0.25, 0.3) is 11.6 Å². The van der Waals surface area contributed by atoms with Crippen LogP contribution in [0.1, 0.15) is 11.3 Å². The van der Waals surface area contributed by atoms with Gasteiger partial charge in [-0.05, 0) is 30.3 Å². The topological polar surface area (TPSA) is 44.9 Å². The molecule has 2 N–H and O–H groups in total. The number of anilines is 1. The van der Waals surface area contributed by atoms with Crippen LogP contribution in [0.15, 0.2) is 41.0 Å². The molecule has 1 aliphatic rings. The number of carbonyl (C=O) groups excluding carboxylic acids is 1. The summed E-state index contributed by atoms with van der Waals surface area (Å²) in [7, 11) is 0. The van der Waals surface area contributed by atoms with E-state index >= 15 is 0 Å². The molecule has 0 bridgehead atoms. The van der Waals surface area contributed by atoms with Gasteiger partial charge >= 0.3 is 0 Å². The summed E-state index contributed by atoms with van der Waals surface area (Å²) in [4.78, 5) is 14.9. The highest BCUT2D eigenvalue weighted by atomic mass is 79.9. The second kappa shape index (κ2) is 3.89. The molecule has 1 aliphatic heterocycles. The largest absolute Gasteiger partial charge is 0.362 e. The molecule has 0 unspecified atom stereocenters. The van der Waals surface area contributed by atoms with Crippen LogP contribution in [-0.2, 0) is 4.79 Å². The maximum absolute atomic E-state index is 11.9. The maximum Gasteiger partial charge on any atom is 0.256 e. The fourth-order valence-corrected chi connectivity index (χ4v) is 2.26. The van der Waals surface area contributed by atoms with Crippen molar-refractivity contribution in [3.05, 3.63) is 52.3 Å². The highest BCUT2D eigenvalue weighted by molar-refractivity contribution is 9.10. The molecule has 4 heteroatoms. The van der Waals surface area contributed by atoms with Crippen molar-refractivity contribution in [3.63, 3.8) is 0 Å². The number of hydrogen-bond donors (Lipinski definition) is 2. The van der Waals surface area contributed by atoms with Gasteiger partial charge in [-0.1, -0.05) is 22.0 Å². The van der Waals surface area contributed by atoms with Gasteiger partial charge in [-0.2, -0.15) is 0 Å². The predicted octanol–water partition coefficient (Wildman–Crippen LogP) is 3.27. The molecule has 2 aromatic rings. The molecule has 0 atom stereocenters. The van der Waals surface area contributed by atoms with E-state index in [-0.39, 0.29) is 5.91 Å². The zero-order valence-corrected chi connectivity index (χ0v) is 10.4. The molecule has 0 aliphatic carbocycles. The number of fused-ring (bicyclic) bond motifs is 1. The third-order valence-electron chi connectivity index (χ3n) is 2.69. The minimum atomic E-state index is -0.0623. The van der Waals surface area contributed by atoms with E-state index in [1.807, 2.05) is 42.6 Å². The van der Waals surface area contributed by atoms with Gasteiger partial charge in [0.2, 0.25) is 0 Å². The van der Waals surface area contributed by atoms with Crippen LogP contribution in [0.3, 0.4) is 0 Å². The molecule has 3 nitrogen and oxygen atoms in total. The Morgan fingerprint density at radius 3 is 2.88 bits per heavy atom. The third-order valence-corrected chi connectivity index (χ3v) is 3.18. The number of amides is 1. The molecule has 84 valence electrons. The fraction of sp³-hybridized carbons (Fsp3) is 0. The van der Waals surface area contributed by atoms with Crippen LogP contribution < -0.4 is 5.32 Å². The molecule has 0 fully saturated rings. The summed E-state index contributed by atoms with van der Waals surface area (Å²) in [5.74, 6) is -0.0623. The molecule has 0 radical (unpaired) electrons. The zero-order valence-electron chi connectivity index (χ0n) is 8.83. The smallest absolute Gasteiger partial charge is 0.256 e. The lowest BCUT2D eigenvalue weighted by molar-refractivity contribution is -0.110. The predicted molar refractivity (Wildman–Crippen MR) is 71.4 cm³/mol. The normalized spacial score (nSPS) is 16.1. The highest BCUT2D eigenvalue weighted by Gasteiger charge is 2.23. The van der Waals surface area contributed by atoms with Crippen LogP contribution in [0.2, 0.25) is 0 Å². The standard InChI is InChI=1S/C13H9BrN2O/c14-8-3-4-10-11(7-9-2-1-5-15-9)13(17)16-12(10)6-8/h1-7,15H,(H,16,17).